The molecule has 1 fully saturated rings. The van der Waals surface area contributed by atoms with Gasteiger partial charge < -0.3 is 14.2 Å². The predicted octanol–water partition coefficient (Wildman–Crippen LogP) is 1.83. The maximum atomic E-state index is 5.46. The second kappa shape index (κ2) is 5.14. The maximum Gasteiger partial charge on any atom is 0.118 e. The van der Waals surface area contributed by atoms with E-state index in [-0.39, 0.29) is 0 Å². The lowest BCUT2D eigenvalue weighted by molar-refractivity contribution is 0.103. The second-order valence-corrected chi connectivity index (χ2v) is 3.62. The van der Waals surface area contributed by atoms with Gasteiger partial charge in [0.15, 0.2) is 0 Å². The standard InChI is InChI=1S/C12H16O3/c1-13-12-4-2-10(3-5-12)11-8-14-6-7-15-9-11/h2-5,11H,6-9H2,1H3. The fourth-order valence-corrected chi connectivity index (χ4v) is 1.69. The van der Waals surface area contributed by atoms with E-state index >= 15 is 0 Å². The summed E-state index contributed by atoms with van der Waals surface area (Å²) in [7, 11) is 1.67. The van der Waals surface area contributed by atoms with Crippen molar-refractivity contribution >= 4 is 0 Å². The highest BCUT2D eigenvalue weighted by molar-refractivity contribution is 5.29. The van der Waals surface area contributed by atoms with E-state index in [2.05, 4.69) is 12.1 Å². The van der Waals surface area contributed by atoms with Crippen LogP contribution >= 0.6 is 0 Å². The van der Waals surface area contributed by atoms with Crippen LogP contribution in [0.5, 0.6) is 5.75 Å². The third-order valence-corrected chi connectivity index (χ3v) is 2.60. The largest absolute Gasteiger partial charge is 0.497 e. The molecule has 0 bridgehead atoms. The molecule has 0 radical (unpaired) electrons. The lowest BCUT2D eigenvalue weighted by atomic mass is 10.0. The minimum absolute atomic E-state index is 0.346. The van der Waals surface area contributed by atoms with Gasteiger partial charge in [-0.25, -0.2) is 0 Å². The van der Waals surface area contributed by atoms with E-state index in [9.17, 15) is 0 Å². The lowest BCUT2D eigenvalue weighted by Gasteiger charge is -2.13. The van der Waals surface area contributed by atoms with Crippen molar-refractivity contribution in [1.82, 2.24) is 0 Å². The van der Waals surface area contributed by atoms with Crippen molar-refractivity contribution in [2.75, 3.05) is 33.5 Å². The van der Waals surface area contributed by atoms with Gasteiger partial charge in [0, 0.05) is 5.92 Å². The van der Waals surface area contributed by atoms with Gasteiger partial charge in [0.25, 0.3) is 0 Å². The van der Waals surface area contributed by atoms with E-state index in [0.717, 1.165) is 19.0 Å². The van der Waals surface area contributed by atoms with Crippen LogP contribution in [0.3, 0.4) is 0 Å². The third kappa shape index (κ3) is 2.70. The van der Waals surface area contributed by atoms with Crippen LogP contribution in [0, 0.1) is 0 Å². The highest BCUT2D eigenvalue weighted by Crippen LogP contribution is 2.21. The molecular weight excluding hydrogens is 192 g/mol. The molecule has 0 amide bonds. The van der Waals surface area contributed by atoms with Crippen LogP contribution in [-0.4, -0.2) is 33.5 Å². The minimum atomic E-state index is 0.346. The zero-order valence-corrected chi connectivity index (χ0v) is 8.94. The Morgan fingerprint density at radius 2 is 1.67 bits per heavy atom. The Bertz CT molecular complexity index is 286. The zero-order valence-electron chi connectivity index (χ0n) is 8.94. The maximum absolute atomic E-state index is 5.46. The third-order valence-electron chi connectivity index (χ3n) is 2.60. The van der Waals surface area contributed by atoms with Gasteiger partial charge in [-0.2, -0.15) is 0 Å². The van der Waals surface area contributed by atoms with Gasteiger partial charge in [0.1, 0.15) is 5.75 Å². The molecule has 0 saturated carbocycles. The summed E-state index contributed by atoms with van der Waals surface area (Å²) in [5.41, 5.74) is 1.25. The summed E-state index contributed by atoms with van der Waals surface area (Å²) >= 11 is 0. The molecule has 1 saturated heterocycles. The Balaban J connectivity index is 2.06. The van der Waals surface area contributed by atoms with Crippen molar-refractivity contribution in [1.29, 1.82) is 0 Å². The molecule has 1 aromatic carbocycles. The smallest absolute Gasteiger partial charge is 0.118 e. The summed E-state index contributed by atoms with van der Waals surface area (Å²) in [4.78, 5) is 0. The summed E-state index contributed by atoms with van der Waals surface area (Å²) in [6.07, 6.45) is 0. The summed E-state index contributed by atoms with van der Waals surface area (Å²) in [6, 6.07) is 8.09. The summed E-state index contributed by atoms with van der Waals surface area (Å²) in [5, 5.41) is 0. The number of hydrogen-bond acceptors (Lipinski definition) is 3. The predicted molar refractivity (Wildman–Crippen MR) is 57.4 cm³/mol. The highest BCUT2D eigenvalue weighted by Gasteiger charge is 2.14. The molecule has 1 aliphatic heterocycles. The van der Waals surface area contributed by atoms with Crippen LogP contribution in [0.4, 0.5) is 0 Å². The first-order chi connectivity index (χ1) is 7.40. The van der Waals surface area contributed by atoms with E-state index < -0.39 is 0 Å². The van der Waals surface area contributed by atoms with E-state index in [0.29, 0.717) is 19.1 Å². The Morgan fingerprint density at radius 1 is 1.07 bits per heavy atom. The second-order valence-electron chi connectivity index (χ2n) is 3.62. The van der Waals surface area contributed by atoms with Crippen LogP contribution in [-0.2, 0) is 9.47 Å². The number of benzene rings is 1. The Morgan fingerprint density at radius 3 is 2.20 bits per heavy atom. The van der Waals surface area contributed by atoms with Gasteiger partial charge in [-0.3, -0.25) is 0 Å². The number of hydrogen-bond donors (Lipinski definition) is 0. The first-order valence-corrected chi connectivity index (χ1v) is 5.19. The molecule has 1 heterocycles. The van der Waals surface area contributed by atoms with Crippen LogP contribution in [0.15, 0.2) is 24.3 Å². The van der Waals surface area contributed by atoms with E-state index in [1.165, 1.54) is 5.56 Å². The summed E-state index contributed by atoms with van der Waals surface area (Å²) in [5.74, 6) is 1.23. The van der Waals surface area contributed by atoms with Gasteiger partial charge >= 0.3 is 0 Å². The average Bonchev–Trinajstić information content (AvgIpc) is 2.58. The van der Waals surface area contributed by atoms with Crippen molar-refractivity contribution in [2.24, 2.45) is 0 Å². The van der Waals surface area contributed by atoms with Crippen molar-refractivity contribution in [2.45, 2.75) is 5.92 Å². The van der Waals surface area contributed by atoms with Crippen molar-refractivity contribution in [3.8, 4) is 5.75 Å². The van der Waals surface area contributed by atoms with Gasteiger partial charge in [-0.15, -0.1) is 0 Å². The first-order valence-electron chi connectivity index (χ1n) is 5.19. The Hall–Kier alpha value is -1.06. The monoisotopic (exact) mass is 208 g/mol. The minimum Gasteiger partial charge on any atom is -0.497 e. The van der Waals surface area contributed by atoms with Crippen LogP contribution in [0.25, 0.3) is 0 Å². The fraction of sp³-hybridized carbons (Fsp3) is 0.500. The summed E-state index contributed by atoms with van der Waals surface area (Å²) < 4.78 is 16.0. The normalized spacial score (nSPS) is 18.5. The molecule has 0 N–H and O–H groups in total. The first kappa shape index (κ1) is 10.5. The molecule has 1 aliphatic rings. The van der Waals surface area contributed by atoms with Crippen LogP contribution in [0.1, 0.15) is 11.5 Å². The lowest BCUT2D eigenvalue weighted by Crippen LogP contribution is -2.09. The molecular formula is C12H16O3. The zero-order chi connectivity index (χ0) is 10.5. The number of methoxy groups -OCH3 is 1. The molecule has 82 valence electrons. The Labute approximate surface area is 90.0 Å². The molecule has 3 nitrogen and oxygen atoms in total. The molecule has 2 rings (SSSR count). The SMILES string of the molecule is COc1ccc(C2COCCOC2)cc1. The topological polar surface area (TPSA) is 27.7 Å². The fourth-order valence-electron chi connectivity index (χ4n) is 1.69. The van der Waals surface area contributed by atoms with Crippen molar-refractivity contribution in [3.05, 3.63) is 29.8 Å². The van der Waals surface area contributed by atoms with Gasteiger partial charge in [0.2, 0.25) is 0 Å². The number of ether oxygens (including phenoxy) is 3. The van der Waals surface area contributed by atoms with E-state index in [1.807, 2.05) is 12.1 Å². The molecule has 15 heavy (non-hydrogen) atoms. The molecule has 3 heteroatoms. The van der Waals surface area contributed by atoms with Crippen molar-refractivity contribution in [3.63, 3.8) is 0 Å². The van der Waals surface area contributed by atoms with Gasteiger partial charge in [0.05, 0.1) is 33.5 Å². The molecule has 1 aromatic rings. The average molecular weight is 208 g/mol. The van der Waals surface area contributed by atoms with Gasteiger partial charge in [-0.1, -0.05) is 12.1 Å². The molecule has 0 atom stereocenters. The van der Waals surface area contributed by atoms with Crippen LogP contribution < -0.4 is 4.74 Å². The number of rotatable bonds is 2. The molecule has 0 unspecified atom stereocenters. The summed E-state index contributed by atoms with van der Waals surface area (Å²) in [6.45, 7) is 2.89. The molecule has 0 aliphatic carbocycles. The van der Waals surface area contributed by atoms with E-state index in [1.54, 1.807) is 7.11 Å². The Kier molecular flexibility index (Phi) is 3.59. The van der Waals surface area contributed by atoms with Crippen molar-refractivity contribution < 1.29 is 14.2 Å². The quantitative estimate of drug-likeness (QED) is 0.742. The highest BCUT2D eigenvalue weighted by atomic mass is 16.5. The molecule has 0 aromatic heterocycles. The van der Waals surface area contributed by atoms with Crippen LogP contribution in [0.2, 0.25) is 0 Å². The van der Waals surface area contributed by atoms with Gasteiger partial charge in [-0.05, 0) is 17.7 Å². The molecule has 0 spiro atoms. The van der Waals surface area contributed by atoms with E-state index in [4.69, 9.17) is 14.2 Å².